The zero-order chi connectivity index (χ0) is 19.3. The number of para-hydroxylation sites is 1. The second kappa shape index (κ2) is 9.87. The number of ether oxygens (including phenoxy) is 1. The van der Waals surface area contributed by atoms with E-state index in [0.717, 1.165) is 25.9 Å². The highest BCUT2D eigenvalue weighted by Gasteiger charge is 2.23. The number of halogens is 1. The maximum absolute atomic E-state index is 12.8. The molecule has 8 nitrogen and oxygen atoms in total. The summed E-state index contributed by atoms with van der Waals surface area (Å²) in [7, 11) is 0. The summed E-state index contributed by atoms with van der Waals surface area (Å²) in [6, 6.07) is 9.07. The van der Waals surface area contributed by atoms with Crippen LogP contribution in [0.3, 0.4) is 0 Å². The van der Waals surface area contributed by atoms with E-state index in [-0.39, 0.29) is 30.3 Å². The molecule has 1 aromatic carbocycles. The van der Waals surface area contributed by atoms with Crippen LogP contribution in [0.4, 0.5) is 5.69 Å². The Morgan fingerprint density at radius 1 is 1.17 bits per heavy atom. The molecule has 0 spiro atoms. The average Bonchev–Trinajstić information content (AvgIpc) is 3.25. The number of piperidine rings is 1. The summed E-state index contributed by atoms with van der Waals surface area (Å²) in [6.45, 7) is 4.07. The van der Waals surface area contributed by atoms with Gasteiger partial charge in [-0.3, -0.25) is 14.3 Å². The molecule has 2 amide bonds. The van der Waals surface area contributed by atoms with Crippen LogP contribution < -0.4 is 10.6 Å². The van der Waals surface area contributed by atoms with E-state index in [4.69, 9.17) is 4.74 Å². The number of morpholine rings is 1. The average molecular weight is 420 g/mol. The number of anilines is 1. The van der Waals surface area contributed by atoms with Crippen LogP contribution in [0.25, 0.3) is 0 Å². The predicted octanol–water partition coefficient (Wildman–Crippen LogP) is 1.95. The smallest absolute Gasteiger partial charge is 0.276 e. The molecule has 156 valence electrons. The molecule has 9 heteroatoms. The summed E-state index contributed by atoms with van der Waals surface area (Å²) in [5, 5.41) is 10.7. The Kier molecular flexibility index (Phi) is 7.24. The topological polar surface area (TPSA) is 88.5 Å². The van der Waals surface area contributed by atoms with Crippen LogP contribution in [-0.4, -0.2) is 65.9 Å². The van der Waals surface area contributed by atoms with Gasteiger partial charge >= 0.3 is 0 Å². The highest BCUT2D eigenvalue weighted by atomic mass is 35.5. The Balaban J connectivity index is 0.00000240. The highest BCUT2D eigenvalue weighted by molar-refractivity contribution is 6.08. The van der Waals surface area contributed by atoms with Gasteiger partial charge in [0.15, 0.2) is 5.69 Å². The molecular formula is C20H26ClN5O3. The zero-order valence-electron chi connectivity index (χ0n) is 16.2. The first kappa shape index (κ1) is 21.3. The van der Waals surface area contributed by atoms with Gasteiger partial charge in [-0.05, 0) is 37.6 Å². The van der Waals surface area contributed by atoms with E-state index in [0.29, 0.717) is 43.2 Å². The van der Waals surface area contributed by atoms with E-state index in [1.165, 1.54) is 0 Å². The van der Waals surface area contributed by atoms with Crippen LogP contribution in [-0.2, 0) is 4.74 Å². The first-order valence-electron chi connectivity index (χ1n) is 9.75. The Morgan fingerprint density at radius 3 is 2.72 bits per heavy atom. The normalized spacial score (nSPS) is 19.3. The molecule has 1 unspecified atom stereocenters. The van der Waals surface area contributed by atoms with Crippen molar-refractivity contribution >= 4 is 29.9 Å². The molecule has 2 saturated heterocycles. The Hall–Kier alpha value is -2.42. The summed E-state index contributed by atoms with van der Waals surface area (Å²) in [5.74, 6) is -0.414. The van der Waals surface area contributed by atoms with Crippen molar-refractivity contribution in [1.29, 1.82) is 0 Å². The summed E-state index contributed by atoms with van der Waals surface area (Å²) < 4.78 is 7.17. The van der Waals surface area contributed by atoms with Crippen molar-refractivity contribution in [3.05, 3.63) is 47.8 Å². The van der Waals surface area contributed by atoms with Crippen LogP contribution in [0.15, 0.2) is 36.5 Å². The van der Waals surface area contributed by atoms with Crippen LogP contribution in [0.5, 0.6) is 0 Å². The lowest BCUT2D eigenvalue weighted by atomic mass is 10.1. The molecular weight excluding hydrogens is 394 g/mol. The van der Waals surface area contributed by atoms with Crippen molar-refractivity contribution in [2.24, 2.45) is 0 Å². The lowest BCUT2D eigenvalue weighted by Crippen LogP contribution is -2.41. The van der Waals surface area contributed by atoms with E-state index < -0.39 is 0 Å². The van der Waals surface area contributed by atoms with Gasteiger partial charge in [0.2, 0.25) is 0 Å². The molecule has 2 aliphatic rings. The minimum Gasteiger partial charge on any atom is -0.378 e. The second-order valence-electron chi connectivity index (χ2n) is 7.09. The van der Waals surface area contributed by atoms with Crippen molar-refractivity contribution in [1.82, 2.24) is 20.0 Å². The third kappa shape index (κ3) is 4.95. The van der Waals surface area contributed by atoms with Gasteiger partial charge < -0.3 is 20.3 Å². The fourth-order valence-corrected chi connectivity index (χ4v) is 3.62. The molecule has 2 fully saturated rings. The number of benzene rings is 1. The van der Waals surface area contributed by atoms with Crippen molar-refractivity contribution in [2.75, 3.05) is 44.7 Å². The van der Waals surface area contributed by atoms with Crippen LogP contribution in [0, 0.1) is 0 Å². The van der Waals surface area contributed by atoms with E-state index in [9.17, 15) is 9.59 Å². The molecule has 1 aromatic heterocycles. The van der Waals surface area contributed by atoms with Gasteiger partial charge in [0.1, 0.15) is 0 Å². The van der Waals surface area contributed by atoms with Crippen LogP contribution in [0.2, 0.25) is 0 Å². The standard InChI is InChI=1S/C20H25N5O3.ClH/c26-19(18-7-9-25(23-18)15-4-3-8-21-14-15)22-17-6-2-1-5-16(17)20(27)24-10-12-28-13-11-24;/h1-2,5-7,9,15,21H,3-4,8,10-14H2,(H,22,26);1H. The highest BCUT2D eigenvalue weighted by Crippen LogP contribution is 2.20. The lowest BCUT2D eigenvalue weighted by Gasteiger charge is -2.27. The number of amides is 2. The quantitative estimate of drug-likeness (QED) is 0.790. The molecule has 1 atom stereocenters. The maximum atomic E-state index is 12.8. The van der Waals surface area contributed by atoms with Gasteiger partial charge in [-0.2, -0.15) is 5.10 Å². The number of nitrogens with one attached hydrogen (secondary N) is 2. The zero-order valence-corrected chi connectivity index (χ0v) is 17.0. The first-order valence-corrected chi connectivity index (χ1v) is 9.75. The third-order valence-corrected chi connectivity index (χ3v) is 5.19. The van der Waals surface area contributed by atoms with Gasteiger partial charge in [0.25, 0.3) is 11.8 Å². The van der Waals surface area contributed by atoms with Crippen molar-refractivity contribution < 1.29 is 14.3 Å². The van der Waals surface area contributed by atoms with Gasteiger partial charge in [0, 0.05) is 25.8 Å². The summed E-state index contributed by atoms with van der Waals surface area (Å²) in [6.07, 6.45) is 3.99. The van der Waals surface area contributed by atoms with Crippen molar-refractivity contribution in [3.63, 3.8) is 0 Å². The Morgan fingerprint density at radius 2 is 1.97 bits per heavy atom. The van der Waals surface area contributed by atoms with Crippen LogP contribution in [0.1, 0.15) is 39.7 Å². The fourth-order valence-electron chi connectivity index (χ4n) is 3.62. The number of nitrogens with zero attached hydrogens (tertiary/aromatic N) is 3. The van der Waals surface area contributed by atoms with Gasteiger partial charge in [-0.1, -0.05) is 12.1 Å². The SMILES string of the molecule is Cl.O=C(Nc1ccccc1C(=O)N1CCOCC1)c1ccn(C2CCCNC2)n1. The van der Waals surface area contributed by atoms with Gasteiger partial charge in [0.05, 0.1) is 30.5 Å². The first-order chi connectivity index (χ1) is 13.7. The number of hydrogen-bond acceptors (Lipinski definition) is 5. The largest absolute Gasteiger partial charge is 0.378 e. The minimum atomic E-state index is -0.315. The molecule has 3 heterocycles. The number of hydrogen-bond donors (Lipinski definition) is 2. The maximum Gasteiger partial charge on any atom is 0.276 e. The lowest BCUT2D eigenvalue weighted by molar-refractivity contribution is 0.0303. The van der Waals surface area contributed by atoms with Crippen molar-refractivity contribution in [3.8, 4) is 0 Å². The number of rotatable bonds is 4. The number of carbonyl (C=O) groups excluding carboxylic acids is 2. The minimum absolute atomic E-state index is 0. The molecule has 0 radical (unpaired) electrons. The monoisotopic (exact) mass is 419 g/mol. The van der Waals surface area contributed by atoms with E-state index in [2.05, 4.69) is 15.7 Å². The fraction of sp³-hybridized carbons (Fsp3) is 0.450. The molecule has 2 N–H and O–H groups in total. The van der Waals surface area contributed by atoms with E-state index in [1.54, 1.807) is 35.2 Å². The molecule has 2 aliphatic heterocycles. The van der Waals surface area contributed by atoms with E-state index in [1.807, 2.05) is 10.9 Å². The van der Waals surface area contributed by atoms with Gasteiger partial charge in [-0.15, -0.1) is 12.4 Å². The van der Waals surface area contributed by atoms with Gasteiger partial charge in [-0.25, -0.2) is 0 Å². The molecule has 4 rings (SSSR count). The second-order valence-corrected chi connectivity index (χ2v) is 7.09. The van der Waals surface area contributed by atoms with Crippen molar-refractivity contribution in [2.45, 2.75) is 18.9 Å². The molecule has 0 saturated carbocycles. The summed E-state index contributed by atoms with van der Waals surface area (Å²) in [4.78, 5) is 27.3. The predicted molar refractivity (Wildman–Crippen MR) is 112 cm³/mol. The molecule has 0 aliphatic carbocycles. The number of carbonyl (C=O) groups is 2. The van der Waals surface area contributed by atoms with E-state index >= 15 is 0 Å². The Bertz CT molecular complexity index is 844. The molecule has 29 heavy (non-hydrogen) atoms. The Labute approximate surface area is 176 Å². The molecule has 2 aromatic rings. The summed E-state index contributed by atoms with van der Waals surface area (Å²) >= 11 is 0. The third-order valence-electron chi connectivity index (χ3n) is 5.19. The number of aromatic nitrogens is 2. The summed E-state index contributed by atoms with van der Waals surface area (Å²) in [5.41, 5.74) is 1.32. The van der Waals surface area contributed by atoms with Crippen LogP contribution >= 0.6 is 12.4 Å². The molecule has 0 bridgehead atoms.